The number of hydrogen-bond donors (Lipinski definition) is 1. The maximum Gasteiger partial charge on any atom is 0.258 e. The van der Waals surface area contributed by atoms with Gasteiger partial charge in [0.15, 0.2) is 6.61 Å². The van der Waals surface area contributed by atoms with Crippen molar-refractivity contribution in [1.82, 2.24) is 5.32 Å². The molecule has 3 rings (SSSR count). The van der Waals surface area contributed by atoms with Gasteiger partial charge in [-0.25, -0.2) is 0 Å². The zero-order valence-electron chi connectivity index (χ0n) is 15.3. The summed E-state index contributed by atoms with van der Waals surface area (Å²) in [6, 6.07) is 13.7. The van der Waals surface area contributed by atoms with Gasteiger partial charge >= 0.3 is 0 Å². The van der Waals surface area contributed by atoms with Gasteiger partial charge in [-0.05, 0) is 57.0 Å². The molecule has 4 nitrogen and oxygen atoms in total. The molecule has 0 aromatic heterocycles. The van der Waals surface area contributed by atoms with Gasteiger partial charge in [0.25, 0.3) is 5.91 Å². The number of ether oxygens (including phenoxy) is 2. The van der Waals surface area contributed by atoms with Crippen LogP contribution in [0.5, 0.6) is 11.5 Å². The quantitative estimate of drug-likeness (QED) is 0.912. The van der Waals surface area contributed by atoms with Crippen molar-refractivity contribution in [1.29, 1.82) is 0 Å². The Morgan fingerprint density at radius 2 is 1.96 bits per heavy atom. The highest BCUT2D eigenvalue weighted by molar-refractivity contribution is 5.78. The van der Waals surface area contributed by atoms with Crippen LogP contribution in [-0.4, -0.2) is 18.1 Å². The maximum absolute atomic E-state index is 12.4. The van der Waals surface area contributed by atoms with E-state index in [4.69, 9.17) is 9.47 Å². The molecule has 1 heterocycles. The number of rotatable bonds is 4. The third-order valence-corrected chi connectivity index (χ3v) is 4.32. The molecular weight excluding hydrogens is 314 g/mol. The third kappa shape index (κ3) is 4.32. The summed E-state index contributed by atoms with van der Waals surface area (Å²) >= 11 is 0. The number of amides is 1. The Morgan fingerprint density at radius 1 is 1.20 bits per heavy atom. The van der Waals surface area contributed by atoms with Gasteiger partial charge in [-0.1, -0.05) is 24.3 Å². The fourth-order valence-corrected chi connectivity index (χ4v) is 3.18. The normalized spacial score (nSPS) is 18.0. The predicted molar refractivity (Wildman–Crippen MR) is 98.1 cm³/mol. The molecule has 132 valence electrons. The van der Waals surface area contributed by atoms with Crippen LogP contribution in [0.15, 0.2) is 42.5 Å². The van der Waals surface area contributed by atoms with Gasteiger partial charge in [0, 0.05) is 12.0 Å². The highest BCUT2D eigenvalue weighted by Gasteiger charge is 2.34. The van der Waals surface area contributed by atoms with E-state index in [2.05, 4.69) is 5.32 Å². The van der Waals surface area contributed by atoms with E-state index in [1.165, 1.54) is 0 Å². The van der Waals surface area contributed by atoms with Gasteiger partial charge in [0.1, 0.15) is 17.1 Å². The molecule has 4 heteroatoms. The lowest BCUT2D eigenvalue weighted by molar-refractivity contribution is -0.124. The second-order valence-electron chi connectivity index (χ2n) is 7.33. The first-order valence-corrected chi connectivity index (χ1v) is 8.61. The number of fused-ring (bicyclic) bond motifs is 1. The number of aryl methyl sites for hydroxylation is 2. The number of hydrogen-bond acceptors (Lipinski definition) is 3. The molecule has 25 heavy (non-hydrogen) atoms. The highest BCUT2D eigenvalue weighted by Crippen LogP contribution is 2.39. The van der Waals surface area contributed by atoms with E-state index < -0.39 is 0 Å². The molecule has 2 aromatic rings. The monoisotopic (exact) mass is 339 g/mol. The molecule has 0 saturated carbocycles. The van der Waals surface area contributed by atoms with Crippen LogP contribution in [0.1, 0.15) is 43.0 Å². The Morgan fingerprint density at radius 3 is 2.72 bits per heavy atom. The zero-order valence-corrected chi connectivity index (χ0v) is 15.3. The first-order chi connectivity index (χ1) is 11.8. The van der Waals surface area contributed by atoms with E-state index in [0.29, 0.717) is 5.75 Å². The van der Waals surface area contributed by atoms with Gasteiger partial charge in [0.2, 0.25) is 0 Å². The van der Waals surface area contributed by atoms with Gasteiger partial charge < -0.3 is 14.8 Å². The van der Waals surface area contributed by atoms with Gasteiger partial charge in [-0.2, -0.15) is 0 Å². The minimum Gasteiger partial charge on any atom is -0.487 e. The average molecular weight is 339 g/mol. The highest BCUT2D eigenvalue weighted by atomic mass is 16.5. The first-order valence-electron chi connectivity index (χ1n) is 8.61. The van der Waals surface area contributed by atoms with E-state index in [1.807, 2.05) is 70.2 Å². The van der Waals surface area contributed by atoms with Gasteiger partial charge in [-0.3, -0.25) is 4.79 Å². The van der Waals surface area contributed by atoms with Crippen LogP contribution in [0.25, 0.3) is 0 Å². The molecule has 0 unspecified atom stereocenters. The summed E-state index contributed by atoms with van der Waals surface area (Å²) in [4.78, 5) is 12.4. The zero-order chi connectivity index (χ0) is 18.0. The second kappa shape index (κ2) is 6.79. The minimum absolute atomic E-state index is 0.00241. The van der Waals surface area contributed by atoms with Crippen molar-refractivity contribution in [2.45, 2.75) is 45.8 Å². The van der Waals surface area contributed by atoms with Crippen molar-refractivity contribution in [3.05, 3.63) is 59.2 Å². The molecule has 0 saturated heterocycles. The van der Waals surface area contributed by atoms with E-state index in [1.54, 1.807) is 0 Å². The molecular formula is C21H25NO3. The third-order valence-electron chi connectivity index (χ3n) is 4.32. The summed E-state index contributed by atoms with van der Waals surface area (Å²) in [5.41, 5.74) is 2.95. The summed E-state index contributed by atoms with van der Waals surface area (Å²) in [7, 11) is 0. The summed E-state index contributed by atoms with van der Waals surface area (Å²) < 4.78 is 11.7. The molecule has 1 aliphatic rings. The van der Waals surface area contributed by atoms with Crippen molar-refractivity contribution in [3.8, 4) is 11.5 Å². The van der Waals surface area contributed by atoms with Crippen molar-refractivity contribution < 1.29 is 14.3 Å². The standard InChI is InChI=1S/C21H25NO3/c1-14-6-5-7-16(10-14)24-13-20(23)22-18-12-21(3,4)25-19-11-15(2)8-9-17(18)19/h5-11,18H,12-13H2,1-4H3,(H,22,23)/t18-/m1/s1. The molecule has 0 radical (unpaired) electrons. The van der Waals surface area contributed by atoms with E-state index >= 15 is 0 Å². The van der Waals surface area contributed by atoms with Crippen LogP contribution >= 0.6 is 0 Å². The average Bonchev–Trinajstić information content (AvgIpc) is 2.51. The summed E-state index contributed by atoms with van der Waals surface area (Å²) in [5, 5.41) is 3.09. The van der Waals surface area contributed by atoms with Crippen molar-refractivity contribution in [2.75, 3.05) is 6.61 Å². The topological polar surface area (TPSA) is 47.6 Å². The Labute approximate surface area is 149 Å². The molecule has 1 atom stereocenters. The van der Waals surface area contributed by atoms with Crippen molar-refractivity contribution >= 4 is 5.91 Å². The van der Waals surface area contributed by atoms with Gasteiger partial charge in [0.05, 0.1) is 6.04 Å². The minimum atomic E-state index is -0.323. The van der Waals surface area contributed by atoms with E-state index in [-0.39, 0.29) is 24.2 Å². The Kier molecular flexibility index (Phi) is 4.71. The predicted octanol–water partition coefficient (Wildman–Crippen LogP) is 4.10. The van der Waals surface area contributed by atoms with E-state index in [0.717, 1.165) is 28.9 Å². The molecule has 0 aliphatic carbocycles. The Balaban J connectivity index is 1.68. The SMILES string of the molecule is Cc1cccc(OCC(=O)N[C@@H]2CC(C)(C)Oc3cc(C)ccc32)c1. The van der Waals surface area contributed by atoms with Crippen LogP contribution in [0.4, 0.5) is 0 Å². The van der Waals surface area contributed by atoms with Crippen molar-refractivity contribution in [3.63, 3.8) is 0 Å². The van der Waals surface area contributed by atoms with E-state index in [9.17, 15) is 4.79 Å². The molecule has 1 amide bonds. The Hall–Kier alpha value is -2.49. The summed E-state index contributed by atoms with van der Waals surface area (Å²) in [6.07, 6.45) is 0.721. The fourth-order valence-electron chi connectivity index (χ4n) is 3.18. The second-order valence-corrected chi connectivity index (χ2v) is 7.33. The summed E-state index contributed by atoms with van der Waals surface area (Å²) in [6.45, 7) is 8.12. The van der Waals surface area contributed by atoms with Crippen LogP contribution in [0.2, 0.25) is 0 Å². The molecule has 0 bridgehead atoms. The lowest BCUT2D eigenvalue weighted by Gasteiger charge is -2.38. The molecule has 2 aromatic carbocycles. The fraction of sp³-hybridized carbons (Fsp3) is 0.381. The largest absolute Gasteiger partial charge is 0.487 e. The van der Waals surface area contributed by atoms with Crippen LogP contribution < -0.4 is 14.8 Å². The van der Waals surface area contributed by atoms with Crippen LogP contribution in [0, 0.1) is 13.8 Å². The first kappa shape index (κ1) is 17.3. The maximum atomic E-state index is 12.4. The molecule has 1 aliphatic heterocycles. The number of carbonyl (C=O) groups is 1. The van der Waals surface area contributed by atoms with Crippen LogP contribution in [0.3, 0.4) is 0 Å². The number of benzene rings is 2. The van der Waals surface area contributed by atoms with Crippen molar-refractivity contribution in [2.24, 2.45) is 0 Å². The molecule has 0 fully saturated rings. The number of carbonyl (C=O) groups excluding carboxylic acids is 1. The lowest BCUT2D eigenvalue weighted by Crippen LogP contribution is -2.42. The summed E-state index contributed by atoms with van der Waals surface area (Å²) in [5.74, 6) is 1.43. The van der Waals surface area contributed by atoms with Crippen LogP contribution in [-0.2, 0) is 4.79 Å². The van der Waals surface area contributed by atoms with Gasteiger partial charge in [-0.15, -0.1) is 0 Å². The molecule has 1 N–H and O–H groups in total. The number of nitrogens with one attached hydrogen (secondary N) is 1. The smallest absolute Gasteiger partial charge is 0.258 e. The molecule has 0 spiro atoms. The Bertz CT molecular complexity index is 782. The lowest BCUT2D eigenvalue weighted by atomic mass is 9.89.